The van der Waals surface area contributed by atoms with Crippen molar-refractivity contribution < 1.29 is 14.3 Å². The van der Waals surface area contributed by atoms with Gasteiger partial charge in [-0.15, -0.1) is 0 Å². The van der Waals surface area contributed by atoms with Crippen LogP contribution in [0.4, 0.5) is 0 Å². The largest absolute Gasteiger partial charge is 0.474 e. The van der Waals surface area contributed by atoms with E-state index >= 15 is 0 Å². The zero-order valence-corrected chi connectivity index (χ0v) is 11.9. The molecule has 4 heteroatoms. The van der Waals surface area contributed by atoms with Crippen molar-refractivity contribution in [3.8, 4) is 5.88 Å². The number of nitrogens with zero attached hydrogens (tertiary/aromatic N) is 1. The van der Waals surface area contributed by atoms with Crippen LogP contribution >= 0.6 is 0 Å². The van der Waals surface area contributed by atoms with Crippen LogP contribution in [0.2, 0.25) is 0 Å². The second-order valence-electron chi connectivity index (χ2n) is 4.89. The van der Waals surface area contributed by atoms with Gasteiger partial charge in [-0.05, 0) is 50.3 Å². The number of hydrogen-bond acceptors (Lipinski definition) is 4. The summed E-state index contributed by atoms with van der Waals surface area (Å²) >= 11 is 0. The maximum absolute atomic E-state index is 11.2. The molecule has 1 fully saturated rings. The van der Waals surface area contributed by atoms with Crippen LogP contribution in [-0.2, 0) is 9.53 Å². The van der Waals surface area contributed by atoms with Gasteiger partial charge in [-0.1, -0.05) is 6.42 Å². The molecule has 2 rings (SSSR count). The molecule has 0 aromatic carbocycles. The minimum absolute atomic E-state index is 0.303. The molecule has 0 N–H and O–H groups in total. The Kier molecular flexibility index (Phi) is 5.59. The zero-order chi connectivity index (χ0) is 14.2. The number of rotatable bonds is 5. The Labute approximate surface area is 119 Å². The fraction of sp³-hybridized carbons (Fsp3) is 0.500. The van der Waals surface area contributed by atoms with Crippen molar-refractivity contribution in [1.82, 2.24) is 4.98 Å². The van der Waals surface area contributed by atoms with Gasteiger partial charge in [-0.25, -0.2) is 9.78 Å². The van der Waals surface area contributed by atoms with E-state index in [0.717, 1.165) is 18.4 Å². The molecule has 0 aliphatic heterocycles. The van der Waals surface area contributed by atoms with E-state index in [2.05, 4.69) is 4.98 Å². The van der Waals surface area contributed by atoms with Crippen LogP contribution < -0.4 is 4.74 Å². The van der Waals surface area contributed by atoms with Gasteiger partial charge in [0.15, 0.2) is 0 Å². The molecule has 0 spiro atoms. The first-order valence-electron chi connectivity index (χ1n) is 7.25. The zero-order valence-electron chi connectivity index (χ0n) is 11.9. The Morgan fingerprint density at radius 3 is 2.80 bits per heavy atom. The standard InChI is InChI=1S/C16H21NO3/c1-2-19-16(18)11-9-13-8-10-15(17-12-13)20-14-6-4-3-5-7-14/h8-12,14H,2-7H2,1H3/b11-9-. The third-order valence-electron chi connectivity index (χ3n) is 3.30. The van der Waals surface area contributed by atoms with Crippen molar-refractivity contribution in [2.75, 3.05) is 6.61 Å². The second-order valence-corrected chi connectivity index (χ2v) is 4.89. The van der Waals surface area contributed by atoms with Gasteiger partial charge >= 0.3 is 5.97 Å². The summed E-state index contributed by atoms with van der Waals surface area (Å²) in [6.45, 7) is 2.17. The summed E-state index contributed by atoms with van der Waals surface area (Å²) in [5, 5.41) is 0. The van der Waals surface area contributed by atoms with E-state index in [1.807, 2.05) is 12.1 Å². The molecule has 1 aliphatic rings. The lowest BCUT2D eigenvalue weighted by atomic mass is 9.98. The minimum atomic E-state index is -0.338. The van der Waals surface area contributed by atoms with Gasteiger partial charge in [0.2, 0.25) is 5.88 Å². The van der Waals surface area contributed by atoms with Crippen molar-refractivity contribution >= 4 is 12.0 Å². The molecular formula is C16H21NO3. The fourth-order valence-electron chi connectivity index (χ4n) is 2.27. The lowest BCUT2D eigenvalue weighted by molar-refractivity contribution is -0.137. The predicted octanol–water partition coefficient (Wildman–Crippen LogP) is 3.37. The van der Waals surface area contributed by atoms with Crippen LogP contribution in [0.5, 0.6) is 5.88 Å². The SMILES string of the molecule is CCOC(=O)/C=C\c1ccc(OC2CCCCC2)nc1. The Morgan fingerprint density at radius 1 is 1.35 bits per heavy atom. The maximum Gasteiger partial charge on any atom is 0.330 e. The Hall–Kier alpha value is -1.84. The number of carbonyl (C=O) groups is 1. The predicted molar refractivity (Wildman–Crippen MR) is 77.4 cm³/mol. The Balaban J connectivity index is 1.87. The van der Waals surface area contributed by atoms with E-state index in [1.54, 1.807) is 19.2 Å². The summed E-state index contributed by atoms with van der Waals surface area (Å²) in [6, 6.07) is 3.74. The average Bonchev–Trinajstić information content (AvgIpc) is 2.48. The lowest BCUT2D eigenvalue weighted by Crippen LogP contribution is -2.20. The maximum atomic E-state index is 11.2. The molecule has 4 nitrogen and oxygen atoms in total. The summed E-state index contributed by atoms with van der Waals surface area (Å²) in [7, 11) is 0. The first kappa shape index (κ1) is 14.6. The number of hydrogen-bond donors (Lipinski definition) is 0. The fourth-order valence-corrected chi connectivity index (χ4v) is 2.27. The van der Waals surface area contributed by atoms with Crippen LogP contribution in [0.1, 0.15) is 44.6 Å². The molecule has 1 aliphatic carbocycles. The topological polar surface area (TPSA) is 48.4 Å². The highest BCUT2D eigenvalue weighted by atomic mass is 16.5. The molecule has 0 radical (unpaired) electrons. The van der Waals surface area contributed by atoms with Crippen LogP contribution in [0, 0.1) is 0 Å². The molecule has 0 saturated heterocycles. The second kappa shape index (κ2) is 7.68. The van der Waals surface area contributed by atoms with Gasteiger partial charge in [0, 0.05) is 18.3 Å². The highest BCUT2D eigenvalue weighted by Crippen LogP contribution is 2.22. The van der Waals surface area contributed by atoms with Crippen molar-refractivity contribution in [2.24, 2.45) is 0 Å². The van der Waals surface area contributed by atoms with Gasteiger partial charge in [-0.2, -0.15) is 0 Å². The van der Waals surface area contributed by atoms with Crippen LogP contribution in [0.25, 0.3) is 6.08 Å². The molecular weight excluding hydrogens is 254 g/mol. The van der Waals surface area contributed by atoms with E-state index in [0.29, 0.717) is 18.6 Å². The smallest absolute Gasteiger partial charge is 0.330 e. The van der Waals surface area contributed by atoms with E-state index in [4.69, 9.17) is 9.47 Å². The normalized spacial score (nSPS) is 16.2. The summed E-state index contributed by atoms with van der Waals surface area (Å²) < 4.78 is 10.7. The third-order valence-corrected chi connectivity index (χ3v) is 3.30. The molecule has 108 valence electrons. The summed E-state index contributed by atoms with van der Waals surface area (Å²) in [4.78, 5) is 15.5. The molecule has 20 heavy (non-hydrogen) atoms. The molecule has 0 amide bonds. The van der Waals surface area contributed by atoms with Crippen LogP contribution in [-0.4, -0.2) is 23.7 Å². The quantitative estimate of drug-likeness (QED) is 0.610. The van der Waals surface area contributed by atoms with Gasteiger partial charge < -0.3 is 9.47 Å². The van der Waals surface area contributed by atoms with E-state index in [1.165, 1.54) is 25.3 Å². The van der Waals surface area contributed by atoms with Gasteiger partial charge in [-0.3, -0.25) is 0 Å². The highest BCUT2D eigenvalue weighted by Gasteiger charge is 2.14. The molecule has 0 bridgehead atoms. The van der Waals surface area contributed by atoms with Crippen molar-refractivity contribution in [3.05, 3.63) is 30.0 Å². The number of esters is 1. The highest BCUT2D eigenvalue weighted by molar-refractivity contribution is 5.86. The number of carbonyl (C=O) groups excluding carboxylic acids is 1. The molecule has 1 aromatic rings. The summed E-state index contributed by atoms with van der Waals surface area (Å²) in [5.41, 5.74) is 0.856. The van der Waals surface area contributed by atoms with Crippen molar-refractivity contribution in [2.45, 2.75) is 45.1 Å². The molecule has 0 atom stereocenters. The molecule has 1 saturated carbocycles. The van der Waals surface area contributed by atoms with Crippen molar-refractivity contribution in [1.29, 1.82) is 0 Å². The van der Waals surface area contributed by atoms with Gasteiger partial charge in [0.1, 0.15) is 6.10 Å². The van der Waals surface area contributed by atoms with Gasteiger partial charge in [0.25, 0.3) is 0 Å². The number of pyridine rings is 1. The van der Waals surface area contributed by atoms with Crippen LogP contribution in [0.15, 0.2) is 24.4 Å². The number of ether oxygens (including phenoxy) is 2. The molecule has 1 aromatic heterocycles. The minimum Gasteiger partial charge on any atom is -0.474 e. The average molecular weight is 275 g/mol. The van der Waals surface area contributed by atoms with Crippen molar-refractivity contribution in [3.63, 3.8) is 0 Å². The monoisotopic (exact) mass is 275 g/mol. The summed E-state index contributed by atoms with van der Waals surface area (Å²) in [6.07, 6.45) is 11.1. The first-order valence-corrected chi connectivity index (χ1v) is 7.25. The Bertz CT molecular complexity index is 447. The summed E-state index contributed by atoms with van der Waals surface area (Å²) in [5.74, 6) is 0.320. The van der Waals surface area contributed by atoms with Crippen LogP contribution in [0.3, 0.4) is 0 Å². The third kappa shape index (κ3) is 4.68. The van der Waals surface area contributed by atoms with E-state index in [-0.39, 0.29) is 5.97 Å². The molecule has 1 heterocycles. The van der Waals surface area contributed by atoms with E-state index < -0.39 is 0 Å². The van der Waals surface area contributed by atoms with E-state index in [9.17, 15) is 4.79 Å². The number of aromatic nitrogens is 1. The first-order chi connectivity index (χ1) is 9.78. The Morgan fingerprint density at radius 2 is 2.15 bits per heavy atom. The van der Waals surface area contributed by atoms with Gasteiger partial charge in [0.05, 0.1) is 6.61 Å². The lowest BCUT2D eigenvalue weighted by Gasteiger charge is -2.22. The molecule has 0 unspecified atom stereocenters.